The highest BCUT2D eigenvalue weighted by Gasteiger charge is 2.36. The van der Waals surface area contributed by atoms with E-state index in [0.29, 0.717) is 37.9 Å². The lowest BCUT2D eigenvalue weighted by Crippen LogP contribution is -2.42. The van der Waals surface area contributed by atoms with E-state index < -0.39 is 35.6 Å². The number of hydrogen-bond acceptors (Lipinski definition) is 5. The topological polar surface area (TPSA) is 119 Å². The van der Waals surface area contributed by atoms with Crippen molar-refractivity contribution in [2.75, 3.05) is 18.5 Å². The Labute approximate surface area is 207 Å². The number of nitrogens with one attached hydrogen (secondary N) is 3. The van der Waals surface area contributed by atoms with Crippen molar-refractivity contribution in [3.63, 3.8) is 0 Å². The quantitative estimate of drug-likeness (QED) is 0.493. The number of nitrogens with zero attached hydrogens (tertiary/aromatic N) is 1. The average Bonchev–Trinajstić information content (AvgIpc) is 3.46. The van der Waals surface area contributed by atoms with Gasteiger partial charge in [0.25, 0.3) is 5.56 Å². The van der Waals surface area contributed by atoms with E-state index in [9.17, 15) is 28.0 Å². The largest absolute Gasteiger partial charge is 0.449 e. The van der Waals surface area contributed by atoms with Gasteiger partial charge in [0.15, 0.2) is 0 Å². The van der Waals surface area contributed by atoms with Crippen LogP contribution in [0.4, 0.5) is 19.3 Å². The number of aromatic nitrogens is 1. The summed E-state index contributed by atoms with van der Waals surface area (Å²) >= 11 is 0. The number of carbonyl (C=O) groups excluding carboxylic acids is 3. The molecule has 194 valence electrons. The third-order valence-corrected chi connectivity index (χ3v) is 7.21. The Bertz CT molecular complexity index is 1120. The molecule has 1 aromatic heterocycles. The number of fused-ring (bicyclic) bond motifs is 1. The number of anilines is 1. The zero-order chi connectivity index (χ0) is 25.9. The third-order valence-electron chi connectivity index (χ3n) is 7.21. The molecule has 3 atom stereocenters. The van der Waals surface area contributed by atoms with Crippen LogP contribution in [0.15, 0.2) is 16.9 Å². The Kier molecular flexibility index (Phi) is 7.62. The van der Waals surface area contributed by atoms with Gasteiger partial charge < -0.3 is 15.4 Å². The van der Waals surface area contributed by atoms with Gasteiger partial charge in [-0.05, 0) is 56.6 Å². The van der Waals surface area contributed by atoms with Gasteiger partial charge in [-0.25, -0.2) is 13.6 Å². The van der Waals surface area contributed by atoms with Gasteiger partial charge in [-0.1, -0.05) is 5.92 Å². The fourth-order valence-electron chi connectivity index (χ4n) is 5.09. The maximum Gasteiger partial charge on any atom is 0.411 e. The first-order chi connectivity index (χ1) is 17.2. The zero-order valence-electron chi connectivity index (χ0n) is 19.9. The van der Waals surface area contributed by atoms with Crippen molar-refractivity contribution in [1.82, 2.24) is 15.2 Å². The van der Waals surface area contributed by atoms with Gasteiger partial charge in [-0.15, -0.1) is 6.42 Å². The molecule has 2 aliphatic heterocycles. The standard InChI is InChI=1S/C25H30F2N4O5/c1-2-17(13-16-9-12-28-21(16)32)29-22(33)20-6-4-18-3-5-19(23(34)31(18)20)30-24(35)36-14-15-7-10-25(26,27)11-8-15/h1,3,5,15-17,20H,4,6-14H2,(H,28,32)(H,29,33)(H,30,35)/t16-,17+,20-/m0/s1. The summed E-state index contributed by atoms with van der Waals surface area (Å²) in [4.78, 5) is 50.2. The van der Waals surface area contributed by atoms with Crippen LogP contribution in [0, 0.1) is 24.2 Å². The number of amides is 3. The van der Waals surface area contributed by atoms with Gasteiger partial charge in [-0.3, -0.25) is 24.3 Å². The number of aryl methyl sites for hydroxylation is 1. The summed E-state index contributed by atoms with van der Waals surface area (Å²) < 4.78 is 33.1. The van der Waals surface area contributed by atoms with E-state index in [1.807, 2.05) is 0 Å². The fraction of sp³-hybridized carbons (Fsp3) is 0.600. The van der Waals surface area contributed by atoms with Crippen LogP contribution in [0.5, 0.6) is 0 Å². The molecule has 3 aliphatic rings. The smallest absolute Gasteiger partial charge is 0.411 e. The lowest BCUT2D eigenvalue weighted by atomic mass is 9.87. The van der Waals surface area contributed by atoms with Crippen molar-refractivity contribution in [3.8, 4) is 12.3 Å². The van der Waals surface area contributed by atoms with Gasteiger partial charge in [0.05, 0.1) is 12.6 Å². The molecule has 1 saturated heterocycles. The van der Waals surface area contributed by atoms with Crippen LogP contribution < -0.4 is 21.5 Å². The molecule has 36 heavy (non-hydrogen) atoms. The Morgan fingerprint density at radius 2 is 1.97 bits per heavy atom. The Balaban J connectivity index is 1.36. The van der Waals surface area contributed by atoms with Gasteiger partial charge in [0.2, 0.25) is 17.7 Å². The molecule has 3 N–H and O–H groups in total. The molecule has 0 aromatic carbocycles. The molecule has 0 spiro atoms. The number of halogens is 2. The lowest BCUT2D eigenvalue weighted by Gasteiger charge is -2.27. The Morgan fingerprint density at radius 1 is 1.22 bits per heavy atom. The Hall–Kier alpha value is -3.42. The number of rotatable bonds is 7. The first-order valence-corrected chi connectivity index (χ1v) is 12.3. The summed E-state index contributed by atoms with van der Waals surface area (Å²) in [6.45, 7) is 0.570. The minimum absolute atomic E-state index is 0.00822. The number of hydrogen-bond donors (Lipinski definition) is 3. The van der Waals surface area contributed by atoms with E-state index in [2.05, 4.69) is 21.9 Å². The minimum Gasteiger partial charge on any atom is -0.449 e. The molecule has 1 aliphatic carbocycles. The number of carbonyl (C=O) groups is 3. The van der Waals surface area contributed by atoms with E-state index in [-0.39, 0.29) is 55.7 Å². The summed E-state index contributed by atoms with van der Waals surface area (Å²) in [5, 5.41) is 7.92. The zero-order valence-corrected chi connectivity index (χ0v) is 19.9. The van der Waals surface area contributed by atoms with Gasteiger partial charge in [-0.2, -0.15) is 0 Å². The molecule has 0 bridgehead atoms. The van der Waals surface area contributed by atoms with Crippen LogP contribution in [-0.4, -0.2) is 47.6 Å². The number of terminal acetylenes is 1. The van der Waals surface area contributed by atoms with Crippen LogP contribution in [0.2, 0.25) is 0 Å². The second-order valence-corrected chi connectivity index (χ2v) is 9.73. The second kappa shape index (κ2) is 10.7. The predicted octanol–water partition coefficient (Wildman–Crippen LogP) is 2.35. The molecule has 3 heterocycles. The van der Waals surface area contributed by atoms with Gasteiger partial charge >= 0.3 is 6.09 Å². The van der Waals surface area contributed by atoms with E-state index in [1.54, 1.807) is 6.07 Å². The summed E-state index contributed by atoms with van der Waals surface area (Å²) in [5.41, 5.74) is 0.0521. The molecular formula is C25H30F2N4O5. The monoisotopic (exact) mass is 504 g/mol. The van der Waals surface area contributed by atoms with Crippen LogP contribution in [0.3, 0.4) is 0 Å². The maximum absolute atomic E-state index is 13.3. The van der Waals surface area contributed by atoms with Gasteiger partial charge in [0.1, 0.15) is 11.7 Å². The first-order valence-electron chi connectivity index (χ1n) is 12.3. The van der Waals surface area contributed by atoms with Gasteiger partial charge in [0, 0.05) is 31.0 Å². The first kappa shape index (κ1) is 25.7. The van der Waals surface area contributed by atoms with Crippen molar-refractivity contribution in [3.05, 3.63) is 28.2 Å². The number of ether oxygens (including phenoxy) is 1. The minimum atomic E-state index is -2.66. The predicted molar refractivity (Wildman–Crippen MR) is 126 cm³/mol. The molecule has 0 radical (unpaired) electrons. The summed E-state index contributed by atoms with van der Waals surface area (Å²) in [5.74, 6) is -1.08. The molecule has 4 rings (SSSR count). The highest BCUT2D eigenvalue weighted by molar-refractivity contribution is 5.85. The maximum atomic E-state index is 13.3. The van der Waals surface area contributed by atoms with E-state index in [0.717, 1.165) is 0 Å². The molecule has 1 aromatic rings. The fourth-order valence-corrected chi connectivity index (χ4v) is 5.09. The third kappa shape index (κ3) is 5.86. The van der Waals surface area contributed by atoms with Crippen molar-refractivity contribution in [2.24, 2.45) is 11.8 Å². The van der Waals surface area contributed by atoms with Crippen LogP contribution in [0.1, 0.15) is 56.7 Å². The molecular weight excluding hydrogens is 474 g/mol. The lowest BCUT2D eigenvalue weighted by molar-refractivity contribution is -0.126. The second-order valence-electron chi connectivity index (χ2n) is 9.73. The van der Waals surface area contributed by atoms with Crippen molar-refractivity contribution in [2.45, 2.75) is 69.4 Å². The molecule has 0 unspecified atom stereocenters. The normalized spacial score (nSPS) is 23.8. The van der Waals surface area contributed by atoms with Crippen LogP contribution in [0.25, 0.3) is 0 Å². The average molecular weight is 505 g/mol. The highest BCUT2D eigenvalue weighted by Crippen LogP contribution is 2.36. The highest BCUT2D eigenvalue weighted by atomic mass is 19.3. The number of pyridine rings is 1. The summed E-state index contributed by atoms with van der Waals surface area (Å²) in [7, 11) is 0. The summed E-state index contributed by atoms with van der Waals surface area (Å²) in [6.07, 6.45) is 6.65. The molecule has 1 saturated carbocycles. The van der Waals surface area contributed by atoms with Crippen molar-refractivity contribution < 1.29 is 27.9 Å². The van der Waals surface area contributed by atoms with E-state index in [1.165, 1.54) is 10.6 Å². The van der Waals surface area contributed by atoms with Crippen LogP contribution >= 0.6 is 0 Å². The SMILES string of the molecule is C#C[C@H](C[C@@H]1CCNC1=O)NC(=O)[C@@H]1CCc2ccc(NC(=O)OCC3CCC(F)(F)CC3)c(=O)n21. The molecule has 11 heteroatoms. The number of alkyl halides is 2. The van der Waals surface area contributed by atoms with E-state index in [4.69, 9.17) is 11.2 Å². The summed E-state index contributed by atoms with van der Waals surface area (Å²) in [6, 6.07) is 1.67. The molecule has 9 nitrogen and oxygen atoms in total. The van der Waals surface area contributed by atoms with Crippen molar-refractivity contribution >= 4 is 23.6 Å². The molecule has 2 fully saturated rings. The van der Waals surface area contributed by atoms with E-state index >= 15 is 0 Å². The van der Waals surface area contributed by atoms with Crippen LogP contribution in [-0.2, 0) is 20.7 Å². The molecule has 3 amide bonds. The Morgan fingerprint density at radius 3 is 2.64 bits per heavy atom. The van der Waals surface area contributed by atoms with Crippen molar-refractivity contribution in [1.29, 1.82) is 0 Å².